The minimum Gasteiger partial charge on any atom is -0.380 e. The summed E-state index contributed by atoms with van der Waals surface area (Å²) in [5.74, 6) is -1.49. The molecular weight excluding hydrogens is 480 g/mol. The van der Waals surface area contributed by atoms with Gasteiger partial charge in [-0.3, -0.25) is 9.59 Å². The highest BCUT2D eigenvalue weighted by molar-refractivity contribution is 5.91. The average molecular weight is 513 g/mol. The molecule has 1 heterocycles. The van der Waals surface area contributed by atoms with Crippen molar-refractivity contribution in [1.29, 1.82) is 5.26 Å². The van der Waals surface area contributed by atoms with Gasteiger partial charge in [-0.2, -0.15) is 5.26 Å². The Morgan fingerprint density at radius 1 is 1.05 bits per heavy atom. The summed E-state index contributed by atoms with van der Waals surface area (Å²) in [6, 6.07) is 24.4. The van der Waals surface area contributed by atoms with Gasteiger partial charge in [0.15, 0.2) is 12.2 Å². The molecule has 1 unspecified atom stereocenters. The molecule has 8 heteroatoms. The fourth-order valence-electron chi connectivity index (χ4n) is 4.76. The van der Waals surface area contributed by atoms with Gasteiger partial charge < -0.3 is 25.3 Å². The number of hydrogen-bond acceptors (Lipinski definition) is 6. The first-order chi connectivity index (χ1) is 18.3. The van der Waals surface area contributed by atoms with Crippen molar-refractivity contribution >= 4 is 17.5 Å². The summed E-state index contributed by atoms with van der Waals surface area (Å²) in [7, 11) is 3.88. The highest BCUT2D eigenvalue weighted by Crippen LogP contribution is 2.34. The van der Waals surface area contributed by atoms with Crippen LogP contribution in [0.2, 0.25) is 0 Å². The first-order valence-corrected chi connectivity index (χ1v) is 12.6. The largest absolute Gasteiger partial charge is 0.380 e. The van der Waals surface area contributed by atoms with Gasteiger partial charge in [0.2, 0.25) is 0 Å². The van der Waals surface area contributed by atoms with Crippen molar-refractivity contribution in [2.75, 3.05) is 25.5 Å². The molecule has 3 aromatic rings. The van der Waals surface area contributed by atoms with E-state index >= 15 is 0 Å². The Hall–Kier alpha value is -4.19. The molecule has 0 aromatic heterocycles. The van der Waals surface area contributed by atoms with Crippen molar-refractivity contribution in [3.63, 3.8) is 0 Å². The zero-order chi connectivity index (χ0) is 27.2. The average Bonchev–Trinajstić information content (AvgIpc) is 3.45. The predicted octanol–water partition coefficient (Wildman–Crippen LogP) is 2.99. The molecule has 8 nitrogen and oxygen atoms in total. The number of hydrogen-bond donors (Lipinski definition) is 3. The molecule has 2 amide bonds. The second-order valence-electron chi connectivity index (χ2n) is 9.64. The third-order valence-electron chi connectivity index (χ3n) is 6.91. The minimum atomic E-state index is -1.89. The van der Waals surface area contributed by atoms with E-state index in [-0.39, 0.29) is 12.6 Å². The van der Waals surface area contributed by atoms with Crippen LogP contribution < -0.4 is 10.2 Å². The Bertz CT molecular complexity index is 1330. The molecule has 3 atom stereocenters. The monoisotopic (exact) mass is 512 g/mol. The lowest BCUT2D eigenvalue weighted by molar-refractivity contribution is -0.153. The van der Waals surface area contributed by atoms with Crippen molar-refractivity contribution in [2.45, 2.75) is 37.6 Å². The van der Waals surface area contributed by atoms with Crippen LogP contribution >= 0.6 is 0 Å². The van der Waals surface area contributed by atoms with E-state index in [4.69, 9.17) is 0 Å². The highest BCUT2D eigenvalue weighted by Gasteiger charge is 2.38. The molecule has 1 saturated heterocycles. The normalized spacial score (nSPS) is 16.4. The van der Waals surface area contributed by atoms with Crippen molar-refractivity contribution in [2.24, 2.45) is 0 Å². The van der Waals surface area contributed by atoms with Crippen LogP contribution in [-0.4, -0.2) is 59.8 Å². The van der Waals surface area contributed by atoms with Crippen LogP contribution in [0.1, 0.15) is 35.6 Å². The van der Waals surface area contributed by atoms with Gasteiger partial charge in [-0.15, -0.1) is 0 Å². The van der Waals surface area contributed by atoms with Gasteiger partial charge in [-0.05, 0) is 53.3 Å². The summed E-state index contributed by atoms with van der Waals surface area (Å²) >= 11 is 0. The number of anilines is 1. The smallest absolute Gasteiger partial charge is 0.255 e. The van der Waals surface area contributed by atoms with Gasteiger partial charge in [-0.25, -0.2) is 0 Å². The summed E-state index contributed by atoms with van der Waals surface area (Å²) in [6.45, 7) is 0.559. The molecule has 4 rings (SSSR count). The lowest BCUT2D eigenvalue weighted by Crippen LogP contribution is -2.50. The molecular formula is C30H32N4O4. The number of nitrogens with zero attached hydrogens (tertiary/aromatic N) is 3. The SMILES string of the molecule is CN(C)c1cccc(C2CCCN2C(=O)[C@H](O)[C@@H](O)C(=O)NCc2ccc(-c3ccccc3C#N)cc2)c1. The van der Waals surface area contributed by atoms with Gasteiger partial charge in [-0.1, -0.05) is 54.6 Å². The minimum absolute atomic E-state index is 0.112. The second-order valence-corrected chi connectivity index (χ2v) is 9.64. The van der Waals surface area contributed by atoms with E-state index < -0.39 is 24.0 Å². The van der Waals surface area contributed by atoms with Crippen LogP contribution in [0, 0.1) is 11.3 Å². The number of aliphatic hydroxyl groups is 2. The van der Waals surface area contributed by atoms with Gasteiger partial charge in [0.1, 0.15) is 0 Å². The lowest BCUT2D eigenvalue weighted by atomic mass is 9.99. The first-order valence-electron chi connectivity index (χ1n) is 12.6. The Morgan fingerprint density at radius 2 is 1.79 bits per heavy atom. The maximum atomic E-state index is 13.1. The summed E-state index contributed by atoms with van der Waals surface area (Å²) in [5.41, 5.74) is 4.98. The highest BCUT2D eigenvalue weighted by atomic mass is 16.3. The summed E-state index contributed by atoms with van der Waals surface area (Å²) < 4.78 is 0. The maximum Gasteiger partial charge on any atom is 0.255 e. The summed E-state index contributed by atoms with van der Waals surface area (Å²) in [5, 5.41) is 33.0. The van der Waals surface area contributed by atoms with E-state index in [2.05, 4.69) is 11.4 Å². The van der Waals surface area contributed by atoms with Crippen molar-refractivity contribution in [1.82, 2.24) is 10.2 Å². The van der Waals surface area contributed by atoms with E-state index in [0.29, 0.717) is 12.1 Å². The Morgan fingerprint density at radius 3 is 2.50 bits per heavy atom. The number of aliphatic hydroxyl groups excluding tert-OH is 2. The maximum absolute atomic E-state index is 13.1. The summed E-state index contributed by atoms with van der Waals surface area (Å²) in [4.78, 5) is 29.2. The molecule has 0 aliphatic carbocycles. The lowest BCUT2D eigenvalue weighted by Gasteiger charge is -2.29. The van der Waals surface area contributed by atoms with Gasteiger partial charge in [0, 0.05) is 32.9 Å². The Labute approximate surface area is 222 Å². The van der Waals surface area contributed by atoms with E-state index in [9.17, 15) is 25.1 Å². The van der Waals surface area contributed by atoms with Crippen LogP contribution in [0.3, 0.4) is 0 Å². The van der Waals surface area contributed by atoms with Gasteiger partial charge >= 0.3 is 0 Å². The zero-order valence-electron chi connectivity index (χ0n) is 21.5. The molecule has 1 aliphatic rings. The molecule has 0 bridgehead atoms. The molecule has 1 aliphatic heterocycles. The first kappa shape index (κ1) is 26.9. The van der Waals surface area contributed by atoms with Gasteiger partial charge in [0.05, 0.1) is 17.7 Å². The predicted molar refractivity (Wildman–Crippen MR) is 145 cm³/mol. The standard InChI is InChI=1S/C30H32N4O4/c1-33(2)24-9-5-8-22(17-24)26-11-6-16-34(26)30(38)28(36)27(35)29(37)32-19-20-12-14-21(15-13-20)25-10-4-3-7-23(25)18-31/h3-5,7-10,12-15,17,26-28,35-36H,6,11,16,19H2,1-2H3,(H,32,37)/t26?,27-,28-/m1/s1. The van der Waals surface area contributed by atoms with Crippen LogP contribution in [0.5, 0.6) is 0 Å². The topological polar surface area (TPSA) is 117 Å². The Balaban J connectivity index is 1.36. The number of amides is 2. The molecule has 196 valence electrons. The van der Waals surface area contributed by atoms with Crippen molar-refractivity contribution < 1.29 is 19.8 Å². The van der Waals surface area contributed by atoms with E-state index in [1.165, 1.54) is 0 Å². The molecule has 3 aromatic carbocycles. The van der Waals surface area contributed by atoms with Gasteiger partial charge in [0.25, 0.3) is 11.8 Å². The fraction of sp³-hybridized carbons (Fsp3) is 0.300. The molecule has 1 fully saturated rings. The van der Waals surface area contributed by atoms with Crippen LogP contribution in [-0.2, 0) is 16.1 Å². The number of benzene rings is 3. The molecule has 0 saturated carbocycles. The van der Waals surface area contributed by atoms with Crippen LogP contribution in [0.25, 0.3) is 11.1 Å². The number of nitriles is 1. The quantitative estimate of drug-likeness (QED) is 0.427. The number of likely N-dealkylation sites (tertiary alicyclic amines) is 1. The third-order valence-corrected chi connectivity index (χ3v) is 6.91. The molecule has 0 radical (unpaired) electrons. The van der Waals surface area contributed by atoms with Crippen LogP contribution in [0.15, 0.2) is 72.8 Å². The van der Waals surface area contributed by atoms with E-state index in [0.717, 1.165) is 40.8 Å². The number of nitrogens with one attached hydrogen (secondary N) is 1. The van der Waals surface area contributed by atoms with Crippen molar-refractivity contribution in [3.05, 3.63) is 89.5 Å². The summed E-state index contributed by atoms with van der Waals surface area (Å²) in [6.07, 6.45) is -2.24. The molecule has 3 N–H and O–H groups in total. The zero-order valence-corrected chi connectivity index (χ0v) is 21.5. The number of carbonyl (C=O) groups is 2. The molecule has 0 spiro atoms. The van der Waals surface area contributed by atoms with Crippen LogP contribution in [0.4, 0.5) is 5.69 Å². The van der Waals surface area contributed by atoms with E-state index in [1.54, 1.807) is 11.0 Å². The van der Waals surface area contributed by atoms with E-state index in [1.807, 2.05) is 85.7 Å². The third kappa shape index (κ3) is 5.86. The Kier molecular flexibility index (Phi) is 8.41. The molecule has 38 heavy (non-hydrogen) atoms. The van der Waals surface area contributed by atoms with Crippen molar-refractivity contribution in [3.8, 4) is 17.2 Å². The fourth-order valence-corrected chi connectivity index (χ4v) is 4.76. The number of rotatable bonds is 8. The number of carbonyl (C=O) groups excluding carboxylic acids is 2. The second kappa shape index (κ2) is 11.9.